The second-order valence-corrected chi connectivity index (χ2v) is 3.92. The summed E-state index contributed by atoms with van der Waals surface area (Å²) in [5.41, 5.74) is -0.899. The Morgan fingerprint density at radius 2 is 1.90 bits per heavy atom. The number of nitro benzene ring substituents is 2. The van der Waals surface area contributed by atoms with Crippen molar-refractivity contribution in [3.05, 3.63) is 37.4 Å². The van der Waals surface area contributed by atoms with E-state index in [4.69, 9.17) is 0 Å². The molecule has 0 bridgehead atoms. The van der Waals surface area contributed by atoms with Gasteiger partial charge in [0.15, 0.2) is 0 Å². The first-order valence-corrected chi connectivity index (χ1v) is 5.66. The zero-order valence-corrected chi connectivity index (χ0v) is 11.1. The number of aryl methyl sites for hydroxylation is 1. The lowest BCUT2D eigenvalue weighted by Gasteiger charge is -2.10. The summed E-state index contributed by atoms with van der Waals surface area (Å²) in [4.78, 5) is 31.9. The monoisotopic (exact) mass is 283 g/mol. The van der Waals surface area contributed by atoms with Crippen LogP contribution in [0.25, 0.3) is 0 Å². The van der Waals surface area contributed by atoms with Crippen molar-refractivity contribution in [1.29, 1.82) is 0 Å². The molecule has 1 aromatic carbocycles. The van der Waals surface area contributed by atoms with Gasteiger partial charge in [-0.1, -0.05) is 0 Å². The molecule has 0 heterocycles. The summed E-state index contributed by atoms with van der Waals surface area (Å²) in [6.45, 7) is 4.55. The Hall–Kier alpha value is -2.71. The number of carbonyl (C=O) groups excluding carboxylic acids is 1. The highest BCUT2D eigenvalue weighted by Crippen LogP contribution is 2.38. The Labute approximate surface area is 113 Å². The Bertz CT molecular complexity index is 584. The number of anilines is 1. The molecule has 0 saturated heterocycles. The molecule has 9 heteroatoms. The summed E-state index contributed by atoms with van der Waals surface area (Å²) in [5, 5.41) is 24.2. The standard InChI is InChI=1S/C11H13N3O6/c1-4-20-11(15)12-9-8(13(16)17)5-6(2)7(3)10(9)14(18)19/h5H,4H2,1-3H3,(H,12,15). The molecule has 0 fully saturated rings. The van der Waals surface area contributed by atoms with Crippen LogP contribution in [0, 0.1) is 34.1 Å². The van der Waals surface area contributed by atoms with Gasteiger partial charge in [-0.25, -0.2) is 4.79 Å². The zero-order chi connectivity index (χ0) is 15.4. The molecule has 20 heavy (non-hydrogen) atoms. The number of nitro groups is 2. The predicted molar refractivity (Wildman–Crippen MR) is 69.9 cm³/mol. The number of carbonyl (C=O) groups is 1. The maximum absolute atomic E-state index is 11.4. The van der Waals surface area contributed by atoms with Crippen molar-refractivity contribution >= 4 is 23.2 Å². The second kappa shape index (κ2) is 5.95. The summed E-state index contributed by atoms with van der Waals surface area (Å²) < 4.78 is 4.59. The van der Waals surface area contributed by atoms with Crippen LogP contribution in [-0.4, -0.2) is 22.5 Å². The quantitative estimate of drug-likeness (QED) is 0.668. The topological polar surface area (TPSA) is 125 Å². The minimum absolute atomic E-state index is 0.0400. The minimum Gasteiger partial charge on any atom is -0.450 e. The average Bonchev–Trinajstić information content (AvgIpc) is 2.33. The lowest BCUT2D eigenvalue weighted by atomic mass is 10.0. The van der Waals surface area contributed by atoms with Gasteiger partial charge in [0.05, 0.1) is 16.5 Å². The molecule has 0 atom stereocenters. The minimum atomic E-state index is -0.984. The normalized spacial score (nSPS) is 9.95. The van der Waals surface area contributed by atoms with Gasteiger partial charge in [-0.3, -0.25) is 25.5 Å². The van der Waals surface area contributed by atoms with E-state index in [2.05, 4.69) is 10.1 Å². The summed E-state index contributed by atoms with van der Waals surface area (Å²) in [6.07, 6.45) is -0.984. The van der Waals surface area contributed by atoms with Crippen LogP contribution < -0.4 is 5.32 Å². The molecule has 1 N–H and O–H groups in total. The van der Waals surface area contributed by atoms with E-state index in [1.165, 1.54) is 19.9 Å². The molecule has 0 aliphatic carbocycles. The third-order valence-electron chi connectivity index (χ3n) is 2.67. The van der Waals surface area contributed by atoms with Crippen LogP contribution in [0.5, 0.6) is 0 Å². The molecule has 108 valence electrons. The highest BCUT2D eigenvalue weighted by atomic mass is 16.6. The molecular weight excluding hydrogens is 270 g/mol. The second-order valence-electron chi connectivity index (χ2n) is 3.92. The Morgan fingerprint density at radius 3 is 2.35 bits per heavy atom. The molecule has 0 aliphatic heterocycles. The van der Waals surface area contributed by atoms with Gasteiger partial charge >= 0.3 is 11.8 Å². The van der Waals surface area contributed by atoms with Crippen molar-refractivity contribution in [3.8, 4) is 0 Å². The fraction of sp³-hybridized carbons (Fsp3) is 0.364. The average molecular weight is 283 g/mol. The van der Waals surface area contributed by atoms with Gasteiger partial charge in [0.1, 0.15) is 0 Å². The van der Waals surface area contributed by atoms with E-state index in [0.717, 1.165) is 0 Å². The number of rotatable bonds is 4. The largest absolute Gasteiger partial charge is 0.450 e. The van der Waals surface area contributed by atoms with Gasteiger partial charge in [-0.05, 0) is 26.3 Å². The van der Waals surface area contributed by atoms with Gasteiger partial charge in [0, 0.05) is 11.6 Å². The van der Waals surface area contributed by atoms with Crippen molar-refractivity contribution in [3.63, 3.8) is 0 Å². The van der Waals surface area contributed by atoms with E-state index in [1.54, 1.807) is 6.92 Å². The maximum atomic E-state index is 11.4. The van der Waals surface area contributed by atoms with E-state index in [0.29, 0.717) is 5.56 Å². The van der Waals surface area contributed by atoms with Crippen LogP contribution in [-0.2, 0) is 4.74 Å². The van der Waals surface area contributed by atoms with Crippen molar-refractivity contribution in [1.82, 2.24) is 0 Å². The lowest BCUT2D eigenvalue weighted by molar-refractivity contribution is -0.392. The number of amides is 1. The summed E-state index contributed by atoms with van der Waals surface area (Å²) in [6, 6.07) is 1.17. The fourth-order valence-electron chi connectivity index (χ4n) is 1.65. The molecular formula is C11H13N3O6. The van der Waals surface area contributed by atoms with E-state index in [-0.39, 0.29) is 12.2 Å². The van der Waals surface area contributed by atoms with Gasteiger partial charge in [-0.2, -0.15) is 0 Å². The Balaban J connectivity index is 3.50. The van der Waals surface area contributed by atoms with E-state index in [9.17, 15) is 25.0 Å². The van der Waals surface area contributed by atoms with Crippen LogP contribution in [0.15, 0.2) is 6.07 Å². The molecule has 1 amide bonds. The van der Waals surface area contributed by atoms with Crippen molar-refractivity contribution < 1.29 is 19.4 Å². The first-order chi connectivity index (χ1) is 9.29. The number of nitrogens with one attached hydrogen (secondary N) is 1. The lowest BCUT2D eigenvalue weighted by Crippen LogP contribution is -2.16. The molecule has 9 nitrogen and oxygen atoms in total. The van der Waals surface area contributed by atoms with E-state index < -0.39 is 33.0 Å². The molecule has 1 aromatic rings. The van der Waals surface area contributed by atoms with Crippen LogP contribution in [0.2, 0.25) is 0 Å². The molecule has 1 rings (SSSR count). The van der Waals surface area contributed by atoms with Crippen molar-refractivity contribution in [2.45, 2.75) is 20.8 Å². The number of nitrogens with zero attached hydrogens (tertiary/aromatic N) is 2. The third-order valence-corrected chi connectivity index (χ3v) is 2.67. The van der Waals surface area contributed by atoms with E-state index in [1.807, 2.05) is 0 Å². The predicted octanol–water partition coefficient (Wildman–Crippen LogP) is 2.69. The number of hydrogen-bond donors (Lipinski definition) is 1. The highest BCUT2D eigenvalue weighted by molar-refractivity contribution is 5.93. The van der Waals surface area contributed by atoms with Crippen molar-refractivity contribution in [2.24, 2.45) is 0 Å². The molecule has 0 aliphatic rings. The fourth-order valence-corrected chi connectivity index (χ4v) is 1.65. The van der Waals surface area contributed by atoms with Gasteiger partial charge < -0.3 is 4.74 Å². The molecule has 0 aromatic heterocycles. The molecule has 0 saturated carbocycles. The third kappa shape index (κ3) is 2.99. The summed E-state index contributed by atoms with van der Waals surface area (Å²) in [5.74, 6) is 0. The van der Waals surface area contributed by atoms with Crippen LogP contribution in [0.4, 0.5) is 21.9 Å². The highest BCUT2D eigenvalue weighted by Gasteiger charge is 2.30. The smallest absolute Gasteiger partial charge is 0.412 e. The number of hydrogen-bond acceptors (Lipinski definition) is 6. The van der Waals surface area contributed by atoms with Crippen LogP contribution in [0.3, 0.4) is 0 Å². The maximum Gasteiger partial charge on any atom is 0.412 e. The number of ether oxygens (including phenoxy) is 1. The van der Waals surface area contributed by atoms with Crippen LogP contribution in [0.1, 0.15) is 18.1 Å². The van der Waals surface area contributed by atoms with Gasteiger partial charge in [0.2, 0.25) is 5.69 Å². The van der Waals surface area contributed by atoms with Crippen molar-refractivity contribution in [2.75, 3.05) is 11.9 Å². The summed E-state index contributed by atoms with van der Waals surface area (Å²) >= 11 is 0. The van der Waals surface area contributed by atoms with Gasteiger partial charge in [0.25, 0.3) is 5.69 Å². The van der Waals surface area contributed by atoms with Crippen LogP contribution >= 0.6 is 0 Å². The zero-order valence-electron chi connectivity index (χ0n) is 11.1. The Morgan fingerprint density at radius 1 is 1.30 bits per heavy atom. The first kappa shape index (κ1) is 15.3. The molecule has 0 unspecified atom stereocenters. The molecule has 0 spiro atoms. The summed E-state index contributed by atoms with van der Waals surface area (Å²) in [7, 11) is 0. The Kier molecular flexibility index (Phi) is 4.57. The molecule has 0 radical (unpaired) electrons. The number of benzene rings is 1. The van der Waals surface area contributed by atoms with E-state index >= 15 is 0 Å². The van der Waals surface area contributed by atoms with Gasteiger partial charge in [-0.15, -0.1) is 0 Å². The SMILES string of the molecule is CCOC(=O)Nc1c([N+](=O)[O-])cc(C)c(C)c1[N+](=O)[O-]. The first-order valence-electron chi connectivity index (χ1n) is 5.66.